The molecule has 2 aromatic heterocycles. The first kappa shape index (κ1) is 15.4. The fourth-order valence-electron chi connectivity index (χ4n) is 1.99. The van der Waals surface area contributed by atoms with Gasteiger partial charge in [-0.1, -0.05) is 13.0 Å². The molecule has 0 aromatic carbocycles. The van der Waals surface area contributed by atoms with E-state index in [1.54, 1.807) is 6.20 Å². The lowest BCUT2D eigenvalue weighted by molar-refractivity contribution is -0.137. The number of hydrogen-bond acceptors (Lipinski definition) is 3. The van der Waals surface area contributed by atoms with Crippen LogP contribution in [-0.2, 0) is 6.18 Å². The summed E-state index contributed by atoms with van der Waals surface area (Å²) in [5, 5.41) is 3.21. The van der Waals surface area contributed by atoms with Crippen LogP contribution in [0.25, 0.3) is 0 Å². The molecule has 0 aliphatic heterocycles. The van der Waals surface area contributed by atoms with Crippen LogP contribution in [0, 0.1) is 6.92 Å². The molecule has 3 nitrogen and oxygen atoms in total. The van der Waals surface area contributed by atoms with Gasteiger partial charge in [-0.3, -0.25) is 9.97 Å². The molecule has 2 aromatic rings. The van der Waals surface area contributed by atoms with Crippen LogP contribution in [-0.4, -0.2) is 16.5 Å². The molecular formula is C15H16F3N3. The summed E-state index contributed by atoms with van der Waals surface area (Å²) < 4.78 is 37.7. The highest BCUT2D eigenvalue weighted by molar-refractivity contribution is 5.28. The topological polar surface area (TPSA) is 37.8 Å². The maximum absolute atomic E-state index is 12.6. The molecule has 0 saturated carbocycles. The molecule has 6 heteroatoms. The second-order valence-electron chi connectivity index (χ2n) is 4.69. The summed E-state index contributed by atoms with van der Waals surface area (Å²) in [5.41, 5.74) is 1.54. The fraction of sp³-hybridized carbons (Fsp3) is 0.333. The number of pyridine rings is 2. The zero-order chi connectivity index (χ0) is 15.5. The Morgan fingerprint density at radius 1 is 1.10 bits per heavy atom. The van der Waals surface area contributed by atoms with Gasteiger partial charge in [0.2, 0.25) is 0 Å². The van der Waals surface area contributed by atoms with Gasteiger partial charge >= 0.3 is 6.18 Å². The van der Waals surface area contributed by atoms with Gasteiger partial charge in [0, 0.05) is 18.1 Å². The van der Waals surface area contributed by atoms with Gasteiger partial charge in [-0.25, -0.2) is 0 Å². The summed E-state index contributed by atoms with van der Waals surface area (Å²) in [5.74, 6) is 0. The van der Waals surface area contributed by atoms with Crippen LogP contribution < -0.4 is 5.32 Å². The van der Waals surface area contributed by atoms with E-state index in [1.807, 2.05) is 26.0 Å². The Bertz CT molecular complexity index is 577. The molecule has 21 heavy (non-hydrogen) atoms. The Morgan fingerprint density at radius 2 is 1.86 bits per heavy atom. The minimum atomic E-state index is -4.37. The number of hydrogen-bond donors (Lipinski definition) is 1. The van der Waals surface area contributed by atoms with E-state index in [-0.39, 0.29) is 6.04 Å². The van der Waals surface area contributed by atoms with Gasteiger partial charge in [-0.05, 0) is 37.2 Å². The van der Waals surface area contributed by atoms with Gasteiger partial charge in [0.25, 0.3) is 0 Å². The van der Waals surface area contributed by atoms with E-state index in [0.29, 0.717) is 12.2 Å². The SMILES string of the molecule is CCNC(c1ccc(C)nc1)c1ccc(C(F)(F)F)cn1. The van der Waals surface area contributed by atoms with Gasteiger partial charge in [0.1, 0.15) is 0 Å². The highest BCUT2D eigenvalue weighted by Crippen LogP contribution is 2.29. The van der Waals surface area contributed by atoms with Gasteiger partial charge in [-0.2, -0.15) is 13.2 Å². The van der Waals surface area contributed by atoms with Gasteiger partial charge < -0.3 is 5.32 Å². The van der Waals surface area contributed by atoms with Crippen molar-refractivity contribution in [1.29, 1.82) is 0 Å². The second-order valence-corrected chi connectivity index (χ2v) is 4.69. The molecule has 1 N–H and O–H groups in total. The van der Waals surface area contributed by atoms with Crippen LogP contribution in [0.3, 0.4) is 0 Å². The third kappa shape index (κ3) is 3.78. The van der Waals surface area contributed by atoms with E-state index in [9.17, 15) is 13.2 Å². The molecule has 2 rings (SSSR count). The lowest BCUT2D eigenvalue weighted by Gasteiger charge is -2.18. The van der Waals surface area contributed by atoms with Crippen molar-refractivity contribution in [3.63, 3.8) is 0 Å². The van der Waals surface area contributed by atoms with Crippen molar-refractivity contribution in [1.82, 2.24) is 15.3 Å². The third-order valence-electron chi connectivity index (χ3n) is 3.09. The quantitative estimate of drug-likeness (QED) is 0.938. The number of nitrogens with zero attached hydrogens (tertiary/aromatic N) is 2. The largest absolute Gasteiger partial charge is 0.417 e. The van der Waals surface area contributed by atoms with Crippen molar-refractivity contribution < 1.29 is 13.2 Å². The number of aryl methyl sites for hydroxylation is 1. The Morgan fingerprint density at radius 3 is 2.33 bits per heavy atom. The Balaban J connectivity index is 2.32. The van der Waals surface area contributed by atoms with Crippen molar-refractivity contribution in [2.24, 2.45) is 0 Å². The fourth-order valence-corrected chi connectivity index (χ4v) is 1.99. The first-order valence-electron chi connectivity index (χ1n) is 6.61. The van der Waals surface area contributed by atoms with Crippen molar-refractivity contribution in [2.75, 3.05) is 6.54 Å². The molecule has 1 unspecified atom stereocenters. The zero-order valence-electron chi connectivity index (χ0n) is 11.8. The standard InChI is InChI=1S/C15H16F3N3/c1-3-19-14(11-5-4-10(2)20-8-11)13-7-6-12(9-21-13)15(16,17)18/h4-9,14,19H,3H2,1-2H3. The van der Waals surface area contributed by atoms with E-state index < -0.39 is 11.7 Å². The molecule has 0 fully saturated rings. The molecule has 2 heterocycles. The van der Waals surface area contributed by atoms with Crippen LogP contribution in [0.5, 0.6) is 0 Å². The number of rotatable bonds is 4. The average molecular weight is 295 g/mol. The van der Waals surface area contributed by atoms with Crippen molar-refractivity contribution in [2.45, 2.75) is 26.1 Å². The van der Waals surface area contributed by atoms with Crippen molar-refractivity contribution in [3.8, 4) is 0 Å². The molecule has 0 aliphatic carbocycles. The monoisotopic (exact) mass is 295 g/mol. The molecule has 0 saturated heterocycles. The van der Waals surface area contributed by atoms with Crippen LogP contribution in [0.4, 0.5) is 13.2 Å². The molecule has 0 bridgehead atoms. The van der Waals surface area contributed by atoms with Crippen molar-refractivity contribution in [3.05, 3.63) is 59.2 Å². The maximum Gasteiger partial charge on any atom is 0.417 e. The van der Waals surface area contributed by atoms with E-state index in [2.05, 4.69) is 15.3 Å². The molecule has 0 amide bonds. The van der Waals surface area contributed by atoms with Crippen molar-refractivity contribution >= 4 is 0 Å². The summed E-state index contributed by atoms with van der Waals surface area (Å²) in [6.45, 7) is 4.47. The van der Waals surface area contributed by atoms with E-state index in [4.69, 9.17) is 0 Å². The van der Waals surface area contributed by atoms with E-state index >= 15 is 0 Å². The molecule has 112 valence electrons. The summed E-state index contributed by atoms with van der Waals surface area (Å²) in [6, 6.07) is 5.94. The maximum atomic E-state index is 12.6. The van der Waals surface area contributed by atoms with Crippen LogP contribution in [0.1, 0.15) is 35.5 Å². The summed E-state index contributed by atoms with van der Waals surface area (Å²) in [6.07, 6.45) is -1.80. The Labute approximate surface area is 121 Å². The predicted octanol–water partition coefficient (Wildman–Crippen LogP) is 3.50. The van der Waals surface area contributed by atoms with Gasteiger partial charge in [0.15, 0.2) is 0 Å². The van der Waals surface area contributed by atoms with E-state index in [1.165, 1.54) is 6.07 Å². The first-order chi connectivity index (χ1) is 9.91. The van der Waals surface area contributed by atoms with E-state index in [0.717, 1.165) is 23.5 Å². The number of alkyl halides is 3. The number of aromatic nitrogens is 2. The molecule has 0 spiro atoms. The minimum Gasteiger partial charge on any atom is -0.305 e. The number of nitrogens with one attached hydrogen (secondary N) is 1. The number of halogens is 3. The molecular weight excluding hydrogens is 279 g/mol. The van der Waals surface area contributed by atoms with Gasteiger partial charge in [0.05, 0.1) is 17.3 Å². The summed E-state index contributed by atoms with van der Waals surface area (Å²) >= 11 is 0. The Hall–Kier alpha value is -1.95. The van der Waals surface area contributed by atoms with Crippen LogP contribution in [0.2, 0.25) is 0 Å². The second kappa shape index (κ2) is 6.22. The smallest absolute Gasteiger partial charge is 0.305 e. The highest BCUT2D eigenvalue weighted by atomic mass is 19.4. The zero-order valence-corrected chi connectivity index (χ0v) is 11.8. The highest BCUT2D eigenvalue weighted by Gasteiger charge is 2.31. The van der Waals surface area contributed by atoms with Crippen LogP contribution in [0.15, 0.2) is 36.7 Å². The molecule has 1 atom stereocenters. The summed E-state index contributed by atoms with van der Waals surface area (Å²) in [4.78, 5) is 8.17. The summed E-state index contributed by atoms with van der Waals surface area (Å²) in [7, 11) is 0. The normalized spacial score (nSPS) is 13.2. The van der Waals surface area contributed by atoms with Crippen LogP contribution >= 0.6 is 0 Å². The first-order valence-corrected chi connectivity index (χ1v) is 6.61. The lowest BCUT2D eigenvalue weighted by Crippen LogP contribution is -2.23. The molecule has 0 radical (unpaired) electrons. The predicted molar refractivity (Wildman–Crippen MR) is 73.7 cm³/mol. The Kier molecular flexibility index (Phi) is 4.57. The minimum absolute atomic E-state index is 0.273. The van der Waals surface area contributed by atoms with Gasteiger partial charge in [-0.15, -0.1) is 0 Å². The lowest BCUT2D eigenvalue weighted by atomic mass is 10.0. The third-order valence-corrected chi connectivity index (χ3v) is 3.09. The average Bonchev–Trinajstić information content (AvgIpc) is 2.45. The molecule has 0 aliphatic rings.